The lowest BCUT2D eigenvalue weighted by Gasteiger charge is -2.16. The number of halogens is 1. The molecule has 0 atom stereocenters. The van der Waals surface area contributed by atoms with Gasteiger partial charge < -0.3 is 14.8 Å². The molecule has 8 nitrogen and oxygen atoms in total. The molecule has 1 aromatic carbocycles. The summed E-state index contributed by atoms with van der Waals surface area (Å²) in [6.07, 6.45) is 1.75. The van der Waals surface area contributed by atoms with Crippen molar-refractivity contribution >= 4 is 23.1 Å². The van der Waals surface area contributed by atoms with Crippen molar-refractivity contribution in [3.8, 4) is 0 Å². The van der Waals surface area contributed by atoms with Gasteiger partial charge in [-0.3, -0.25) is 14.4 Å². The smallest absolute Gasteiger partial charge is 0.280 e. The first-order valence-electron chi connectivity index (χ1n) is 9.85. The third-order valence-electron chi connectivity index (χ3n) is 5.15. The van der Waals surface area contributed by atoms with E-state index in [9.17, 15) is 18.8 Å². The Morgan fingerprint density at radius 3 is 2.67 bits per heavy atom. The summed E-state index contributed by atoms with van der Waals surface area (Å²) < 4.78 is 15.9. The van der Waals surface area contributed by atoms with Gasteiger partial charge in [-0.05, 0) is 37.6 Å². The number of carbonyl (C=O) groups excluding carboxylic acids is 2. The van der Waals surface area contributed by atoms with E-state index in [1.165, 1.54) is 28.8 Å². The Labute approximate surface area is 171 Å². The van der Waals surface area contributed by atoms with Crippen molar-refractivity contribution in [1.82, 2.24) is 19.1 Å². The van der Waals surface area contributed by atoms with Crippen LogP contribution >= 0.6 is 0 Å². The Morgan fingerprint density at radius 1 is 1.23 bits per heavy atom. The average Bonchev–Trinajstić information content (AvgIpc) is 3.26. The summed E-state index contributed by atoms with van der Waals surface area (Å²) in [4.78, 5) is 40.3. The monoisotopic (exact) mass is 411 g/mol. The molecule has 4 rings (SSSR count). The van der Waals surface area contributed by atoms with Crippen LogP contribution in [-0.4, -0.2) is 37.4 Å². The number of amides is 2. The maximum Gasteiger partial charge on any atom is 0.280 e. The Hall–Kier alpha value is -3.49. The highest BCUT2D eigenvalue weighted by Crippen LogP contribution is 2.23. The lowest BCUT2D eigenvalue weighted by atomic mass is 10.2. The molecule has 30 heavy (non-hydrogen) atoms. The van der Waals surface area contributed by atoms with E-state index in [2.05, 4.69) is 10.4 Å². The molecule has 2 amide bonds. The molecule has 2 aromatic heterocycles. The first-order chi connectivity index (χ1) is 14.4. The molecule has 0 spiro atoms. The number of hydrogen-bond donors (Lipinski definition) is 1. The zero-order valence-electron chi connectivity index (χ0n) is 16.8. The van der Waals surface area contributed by atoms with Gasteiger partial charge in [0.25, 0.3) is 11.5 Å². The highest BCUT2D eigenvalue weighted by atomic mass is 19.1. The number of hydrogen-bond acceptors (Lipinski definition) is 4. The van der Waals surface area contributed by atoms with Crippen molar-refractivity contribution in [2.75, 3.05) is 11.9 Å². The van der Waals surface area contributed by atoms with Crippen LogP contribution in [0.2, 0.25) is 0 Å². The average molecular weight is 411 g/mol. The normalized spacial score (nSPS) is 13.2. The van der Waals surface area contributed by atoms with Gasteiger partial charge in [0.15, 0.2) is 0 Å². The van der Waals surface area contributed by atoms with Crippen molar-refractivity contribution < 1.29 is 14.0 Å². The van der Waals surface area contributed by atoms with E-state index in [0.717, 1.165) is 12.8 Å². The first kappa shape index (κ1) is 19.8. The van der Waals surface area contributed by atoms with Crippen molar-refractivity contribution in [3.63, 3.8) is 0 Å². The van der Waals surface area contributed by atoms with E-state index in [4.69, 9.17) is 0 Å². The lowest BCUT2D eigenvalue weighted by molar-refractivity contribution is -0.116. The molecule has 0 radical (unpaired) electrons. The number of rotatable bonds is 6. The minimum absolute atomic E-state index is 0.179. The fraction of sp³-hybridized carbons (Fsp3) is 0.333. The number of aryl methyl sites for hydroxylation is 1. The van der Waals surface area contributed by atoms with Crippen molar-refractivity contribution in [2.24, 2.45) is 0 Å². The zero-order chi connectivity index (χ0) is 21.4. The molecule has 0 unspecified atom stereocenters. The summed E-state index contributed by atoms with van der Waals surface area (Å²) in [5, 5.41) is 6.94. The van der Waals surface area contributed by atoms with Gasteiger partial charge in [0, 0.05) is 18.3 Å². The number of nitrogens with zero attached hydrogens (tertiary/aromatic N) is 4. The SMILES string of the molecule is CCCCN1Cc2c(n(CC(=O)Nc3ccc(F)cc3)c3cc(C)nn3c2=O)C1=O. The van der Waals surface area contributed by atoms with Crippen molar-refractivity contribution in [1.29, 1.82) is 0 Å². The molecule has 0 fully saturated rings. The van der Waals surface area contributed by atoms with Gasteiger partial charge in [0.1, 0.15) is 23.7 Å². The van der Waals surface area contributed by atoms with E-state index >= 15 is 0 Å². The molecule has 0 saturated heterocycles. The molecule has 0 bridgehead atoms. The topological polar surface area (TPSA) is 88.7 Å². The fourth-order valence-corrected chi connectivity index (χ4v) is 3.70. The first-order valence-corrected chi connectivity index (χ1v) is 9.85. The molecule has 1 N–H and O–H groups in total. The van der Waals surface area contributed by atoms with Gasteiger partial charge in [-0.2, -0.15) is 9.61 Å². The Balaban J connectivity index is 1.74. The molecule has 9 heteroatoms. The fourth-order valence-electron chi connectivity index (χ4n) is 3.70. The van der Waals surface area contributed by atoms with Gasteiger partial charge >= 0.3 is 0 Å². The predicted octanol–water partition coefficient (Wildman–Crippen LogP) is 2.34. The molecule has 3 aromatic rings. The van der Waals surface area contributed by atoms with Crippen LogP contribution in [0.5, 0.6) is 0 Å². The summed E-state index contributed by atoms with van der Waals surface area (Å²) in [5.41, 5.74) is 1.68. The number of nitrogens with one attached hydrogen (secondary N) is 1. The summed E-state index contributed by atoms with van der Waals surface area (Å²) in [5.74, 6) is -1.06. The van der Waals surface area contributed by atoms with Gasteiger partial charge in [0.2, 0.25) is 5.91 Å². The summed E-state index contributed by atoms with van der Waals surface area (Å²) in [7, 11) is 0. The van der Waals surface area contributed by atoms with Crippen LogP contribution in [0.15, 0.2) is 35.1 Å². The molecule has 0 saturated carbocycles. The standard InChI is InChI=1S/C21H22FN5O3/c1-3-4-9-25-11-16-19(21(25)30)26(18-10-13(2)24-27(18)20(16)29)12-17(28)23-15-7-5-14(22)6-8-15/h5-8,10H,3-4,9,11-12H2,1-2H3,(H,23,28). The van der Waals surface area contributed by atoms with E-state index in [0.29, 0.717) is 29.1 Å². The van der Waals surface area contributed by atoms with Gasteiger partial charge in [-0.15, -0.1) is 0 Å². The molecule has 1 aliphatic heterocycles. The van der Waals surface area contributed by atoms with Crippen LogP contribution in [0.4, 0.5) is 10.1 Å². The van der Waals surface area contributed by atoms with Crippen LogP contribution in [0.1, 0.15) is 41.5 Å². The number of benzene rings is 1. The van der Waals surface area contributed by atoms with Gasteiger partial charge in [-0.25, -0.2) is 4.39 Å². The number of carbonyl (C=O) groups is 2. The molecular weight excluding hydrogens is 389 g/mol. The molecule has 0 aliphatic carbocycles. The van der Waals surface area contributed by atoms with E-state index in [1.54, 1.807) is 22.5 Å². The lowest BCUT2D eigenvalue weighted by Crippen LogP contribution is -2.30. The number of anilines is 1. The number of fused-ring (bicyclic) bond motifs is 2. The molecule has 156 valence electrons. The third kappa shape index (κ3) is 3.47. The van der Waals surface area contributed by atoms with Crippen molar-refractivity contribution in [2.45, 2.75) is 39.8 Å². The summed E-state index contributed by atoms with van der Waals surface area (Å²) in [6, 6.07) is 7.09. The molecular formula is C21H22FN5O3. The summed E-state index contributed by atoms with van der Waals surface area (Å²) in [6.45, 7) is 4.36. The highest BCUT2D eigenvalue weighted by Gasteiger charge is 2.34. The Bertz CT molecular complexity index is 1200. The van der Waals surface area contributed by atoms with E-state index in [-0.39, 0.29) is 30.2 Å². The second kappa shape index (κ2) is 7.74. The Morgan fingerprint density at radius 2 is 1.97 bits per heavy atom. The van der Waals surface area contributed by atoms with Crippen LogP contribution in [0.25, 0.3) is 5.65 Å². The zero-order valence-corrected chi connectivity index (χ0v) is 16.8. The predicted molar refractivity (Wildman–Crippen MR) is 109 cm³/mol. The number of unbranched alkanes of at least 4 members (excludes halogenated alkanes) is 1. The largest absolute Gasteiger partial charge is 0.333 e. The molecule has 1 aliphatic rings. The minimum Gasteiger partial charge on any atom is -0.333 e. The Kier molecular flexibility index (Phi) is 5.11. The maximum absolute atomic E-state index is 13.1. The minimum atomic E-state index is -0.402. The number of aromatic nitrogens is 3. The quantitative estimate of drug-likeness (QED) is 0.674. The van der Waals surface area contributed by atoms with E-state index < -0.39 is 11.7 Å². The van der Waals surface area contributed by atoms with Crippen molar-refractivity contribution in [3.05, 3.63) is 63.5 Å². The second-order valence-corrected chi connectivity index (χ2v) is 7.41. The van der Waals surface area contributed by atoms with E-state index in [1.807, 2.05) is 6.92 Å². The summed E-state index contributed by atoms with van der Waals surface area (Å²) >= 11 is 0. The van der Waals surface area contributed by atoms with Gasteiger partial charge in [-0.1, -0.05) is 13.3 Å². The molecule has 3 heterocycles. The maximum atomic E-state index is 13.1. The second-order valence-electron chi connectivity index (χ2n) is 7.41. The van der Waals surface area contributed by atoms with Crippen LogP contribution in [0.3, 0.4) is 0 Å². The van der Waals surface area contributed by atoms with Crippen LogP contribution in [-0.2, 0) is 17.9 Å². The van der Waals surface area contributed by atoms with Crippen LogP contribution in [0, 0.1) is 12.7 Å². The van der Waals surface area contributed by atoms with Crippen LogP contribution < -0.4 is 10.9 Å². The third-order valence-corrected chi connectivity index (χ3v) is 5.15. The van der Waals surface area contributed by atoms with Gasteiger partial charge in [0.05, 0.1) is 17.8 Å². The highest BCUT2D eigenvalue weighted by molar-refractivity contribution is 5.98.